The standard InChI is InChI=1S/C17H32N2O/c1-11(2)19(10-13-6-7-13)16(20)14-8-9-15(18)12(3)17(14,4)5/h11-15H,6-10,18H2,1-5H3. The predicted molar refractivity (Wildman–Crippen MR) is 83.2 cm³/mol. The second-order valence-electron chi connectivity index (χ2n) is 7.93. The van der Waals surface area contributed by atoms with Gasteiger partial charge in [0.2, 0.25) is 5.91 Å². The van der Waals surface area contributed by atoms with Crippen LogP contribution in [-0.4, -0.2) is 29.4 Å². The number of rotatable bonds is 4. The molecule has 2 aliphatic rings. The van der Waals surface area contributed by atoms with E-state index < -0.39 is 0 Å². The maximum absolute atomic E-state index is 13.1. The molecular formula is C17H32N2O. The van der Waals surface area contributed by atoms with Crippen LogP contribution in [-0.2, 0) is 4.79 Å². The minimum absolute atomic E-state index is 0.00540. The number of amides is 1. The predicted octanol–water partition coefficient (Wildman–Crippen LogP) is 3.03. The summed E-state index contributed by atoms with van der Waals surface area (Å²) in [6, 6.07) is 0.551. The van der Waals surface area contributed by atoms with Crippen molar-refractivity contribution in [3.63, 3.8) is 0 Å². The average Bonchev–Trinajstić information content (AvgIpc) is 3.16. The summed E-state index contributed by atoms with van der Waals surface area (Å²) in [6.07, 6.45) is 4.53. The lowest BCUT2D eigenvalue weighted by molar-refractivity contribution is -0.145. The Morgan fingerprint density at radius 1 is 1.25 bits per heavy atom. The second-order valence-corrected chi connectivity index (χ2v) is 7.93. The summed E-state index contributed by atoms with van der Waals surface area (Å²) in [5, 5.41) is 0. The average molecular weight is 280 g/mol. The quantitative estimate of drug-likeness (QED) is 0.860. The summed E-state index contributed by atoms with van der Waals surface area (Å²) in [5.41, 5.74) is 6.22. The van der Waals surface area contributed by atoms with Gasteiger partial charge in [-0.05, 0) is 56.8 Å². The first-order valence-electron chi connectivity index (χ1n) is 8.31. The van der Waals surface area contributed by atoms with Crippen molar-refractivity contribution >= 4 is 5.91 Å². The van der Waals surface area contributed by atoms with Crippen molar-refractivity contribution in [3.05, 3.63) is 0 Å². The van der Waals surface area contributed by atoms with Gasteiger partial charge in [-0.2, -0.15) is 0 Å². The Morgan fingerprint density at radius 2 is 1.85 bits per heavy atom. The smallest absolute Gasteiger partial charge is 0.226 e. The Bertz CT molecular complexity index is 360. The van der Waals surface area contributed by atoms with Gasteiger partial charge in [-0.25, -0.2) is 0 Å². The van der Waals surface area contributed by atoms with Crippen LogP contribution >= 0.6 is 0 Å². The molecule has 0 aromatic rings. The molecule has 2 saturated carbocycles. The van der Waals surface area contributed by atoms with E-state index in [-0.39, 0.29) is 17.4 Å². The first-order chi connectivity index (χ1) is 9.25. The monoisotopic (exact) mass is 280 g/mol. The summed E-state index contributed by atoms with van der Waals surface area (Å²) in [6.45, 7) is 11.9. The van der Waals surface area contributed by atoms with Gasteiger partial charge in [0.05, 0.1) is 0 Å². The second kappa shape index (κ2) is 5.67. The summed E-state index contributed by atoms with van der Waals surface area (Å²) in [5.74, 6) is 1.67. The Hall–Kier alpha value is -0.570. The van der Waals surface area contributed by atoms with Gasteiger partial charge in [-0.15, -0.1) is 0 Å². The molecule has 116 valence electrons. The molecule has 3 heteroatoms. The molecule has 0 heterocycles. The third kappa shape index (κ3) is 3.03. The normalized spacial score (nSPS) is 33.2. The van der Waals surface area contributed by atoms with Gasteiger partial charge in [0.15, 0.2) is 0 Å². The molecule has 3 atom stereocenters. The number of carbonyl (C=O) groups is 1. The van der Waals surface area contributed by atoms with E-state index in [1.165, 1.54) is 12.8 Å². The van der Waals surface area contributed by atoms with Crippen LogP contribution in [0.1, 0.15) is 60.3 Å². The fraction of sp³-hybridized carbons (Fsp3) is 0.941. The van der Waals surface area contributed by atoms with E-state index in [2.05, 4.69) is 39.5 Å². The molecule has 0 aromatic heterocycles. The van der Waals surface area contributed by atoms with Crippen LogP contribution in [0.4, 0.5) is 0 Å². The number of carbonyl (C=O) groups excluding carboxylic acids is 1. The SMILES string of the molecule is CC(C)N(CC1CC1)C(=O)C1CCC(N)C(C)C1(C)C. The van der Waals surface area contributed by atoms with Crippen molar-refractivity contribution in [2.45, 2.75) is 72.4 Å². The molecule has 0 spiro atoms. The van der Waals surface area contributed by atoms with Crippen molar-refractivity contribution in [2.75, 3.05) is 6.54 Å². The van der Waals surface area contributed by atoms with Gasteiger partial charge < -0.3 is 10.6 Å². The van der Waals surface area contributed by atoms with E-state index in [1.54, 1.807) is 0 Å². The number of nitrogens with two attached hydrogens (primary N) is 1. The lowest BCUT2D eigenvalue weighted by atomic mass is 9.60. The van der Waals surface area contributed by atoms with Gasteiger partial charge in [0.25, 0.3) is 0 Å². The number of nitrogens with zero attached hydrogens (tertiary/aromatic N) is 1. The molecule has 2 rings (SSSR count). The Balaban J connectivity index is 2.13. The topological polar surface area (TPSA) is 46.3 Å². The molecule has 0 saturated heterocycles. The number of hydrogen-bond acceptors (Lipinski definition) is 2. The molecular weight excluding hydrogens is 248 g/mol. The third-order valence-corrected chi connectivity index (χ3v) is 5.86. The number of hydrogen-bond donors (Lipinski definition) is 1. The van der Waals surface area contributed by atoms with Crippen LogP contribution in [0.25, 0.3) is 0 Å². The summed E-state index contributed by atoms with van der Waals surface area (Å²) in [7, 11) is 0. The molecule has 0 aromatic carbocycles. The Kier molecular flexibility index (Phi) is 4.48. The van der Waals surface area contributed by atoms with Crippen molar-refractivity contribution in [1.82, 2.24) is 4.90 Å². The zero-order chi connectivity index (χ0) is 15.1. The minimum Gasteiger partial charge on any atom is -0.340 e. The summed E-state index contributed by atoms with van der Waals surface area (Å²) in [4.78, 5) is 15.2. The molecule has 1 amide bonds. The van der Waals surface area contributed by atoms with E-state index in [0.717, 1.165) is 25.3 Å². The van der Waals surface area contributed by atoms with Crippen LogP contribution in [0.15, 0.2) is 0 Å². The molecule has 2 fully saturated rings. The van der Waals surface area contributed by atoms with Gasteiger partial charge in [0, 0.05) is 24.5 Å². The summed E-state index contributed by atoms with van der Waals surface area (Å²) >= 11 is 0. The third-order valence-electron chi connectivity index (χ3n) is 5.86. The van der Waals surface area contributed by atoms with Crippen molar-refractivity contribution in [2.24, 2.45) is 28.9 Å². The molecule has 2 aliphatic carbocycles. The highest BCUT2D eigenvalue weighted by atomic mass is 16.2. The van der Waals surface area contributed by atoms with E-state index in [1.807, 2.05) is 0 Å². The zero-order valence-electron chi connectivity index (χ0n) is 13.9. The van der Waals surface area contributed by atoms with Gasteiger partial charge in [-0.1, -0.05) is 20.8 Å². The molecule has 3 unspecified atom stereocenters. The zero-order valence-corrected chi connectivity index (χ0v) is 13.9. The Labute approximate surface area is 124 Å². The summed E-state index contributed by atoms with van der Waals surface area (Å²) < 4.78 is 0. The molecule has 3 nitrogen and oxygen atoms in total. The fourth-order valence-corrected chi connectivity index (χ4v) is 3.63. The lowest BCUT2D eigenvalue weighted by Crippen LogP contribution is -2.53. The van der Waals surface area contributed by atoms with Crippen LogP contribution < -0.4 is 5.73 Å². The first-order valence-corrected chi connectivity index (χ1v) is 8.31. The maximum atomic E-state index is 13.1. The fourth-order valence-electron chi connectivity index (χ4n) is 3.63. The minimum atomic E-state index is 0.00540. The van der Waals surface area contributed by atoms with Crippen molar-refractivity contribution in [3.8, 4) is 0 Å². The van der Waals surface area contributed by atoms with E-state index in [9.17, 15) is 4.79 Å². The first kappa shape index (κ1) is 15.8. The van der Waals surface area contributed by atoms with Crippen LogP contribution in [0.5, 0.6) is 0 Å². The van der Waals surface area contributed by atoms with E-state index in [0.29, 0.717) is 17.9 Å². The van der Waals surface area contributed by atoms with E-state index >= 15 is 0 Å². The van der Waals surface area contributed by atoms with E-state index in [4.69, 9.17) is 5.73 Å². The maximum Gasteiger partial charge on any atom is 0.226 e. The lowest BCUT2D eigenvalue weighted by Gasteiger charge is -2.48. The van der Waals surface area contributed by atoms with Gasteiger partial charge in [-0.3, -0.25) is 4.79 Å². The van der Waals surface area contributed by atoms with Gasteiger partial charge >= 0.3 is 0 Å². The molecule has 20 heavy (non-hydrogen) atoms. The molecule has 0 radical (unpaired) electrons. The molecule has 0 aliphatic heterocycles. The van der Waals surface area contributed by atoms with Gasteiger partial charge in [0.1, 0.15) is 0 Å². The molecule has 0 bridgehead atoms. The Morgan fingerprint density at radius 3 is 2.35 bits per heavy atom. The van der Waals surface area contributed by atoms with Crippen LogP contribution in [0.3, 0.4) is 0 Å². The van der Waals surface area contributed by atoms with Crippen LogP contribution in [0.2, 0.25) is 0 Å². The van der Waals surface area contributed by atoms with Crippen molar-refractivity contribution in [1.29, 1.82) is 0 Å². The highest BCUT2D eigenvalue weighted by Crippen LogP contribution is 2.45. The highest BCUT2D eigenvalue weighted by molar-refractivity contribution is 5.80. The largest absolute Gasteiger partial charge is 0.340 e. The van der Waals surface area contributed by atoms with Crippen LogP contribution in [0, 0.1) is 23.2 Å². The van der Waals surface area contributed by atoms with Crippen molar-refractivity contribution < 1.29 is 4.79 Å². The highest BCUT2D eigenvalue weighted by Gasteiger charge is 2.46. The molecule has 2 N–H and O–H groups in total.